The van der Waals surface area contributed by atoms with E-state index >= 15 is 0 Å². The number of methoxy groups -OCH3 is 1. The Balaban J connectivity index is 1.98. The molecule has 0 aromatic heterocycles. The molecular formula is C14H19BrO3. The number of halogens is 1. The second-order valence-corrected chi connectivity index (χ2v) is 5.13. The van der Waals surface area contributed by atoms with E-state index in [1.807, 2.05) is 18.2 Å². The van der Waals surface area contributed by atoms with E-state index in [2.05, 4.69) is 22.9 Å². The summed E-state index contributed by atoms with van der Waals surface area (Å²) in [7, 11) is 1.66. The highest BCUT2D eigenvalue weighted by Crippen LogP contribution is 2.28. The lowest BCUT2D eigenvalue weighted by molar-refractivity contribution is 0.0262. The van der Waals surface area contributed by atoms with E-state index in [0.29, 0.717) is 12.7 Å². The number of hydrogen-bond donors (Lipinski definition) is 0. The molecule has 2 atom stereocenters. The van der Waals surface area contributed by atoms with Crippen molar-refractivity contribution in [1.29, 1.82) is 0 Å². The van der Waals surface area contributed by atoms with Crippen LogP contribution in [0.1, 0.15) is 25.3 Å². The van der Waals surface area contributed by atoms with E-state index in [-0.39, 0.29) is 6.10 Å². The molecule has 100 valence electrons. The Morgan fingerprint density at radius 3 is 2.83 bits per heavy atom. The van der Waals surface area contributed by atoms with E-state index in [4.69, 9.17) is 14.2 Å². The molecule has 0 aliphatic carbocycles. The summed E-state index contributed by atoms with van der Waals surface area (Å²) >= 11 is 3.47. The third-order valence-corrected chi connectivity index (χ3v) is 3.77. The number of hydrogen-bond acceptors (Lipinski definition) is 3. The molecule has 0 radical (unpaired) electrons. The van der Waals surface area contributed by atoms with Gasteiger partial charge in [-0.25, -0.2) is 0 Å². The molecule has 1 aliphatic heterocycles. The van der Waals surface area contributed by atoms with Gasteiger partial charge in [-0.05, 0) is 25.8 Å². The van der Waals surface area contributed by atoms with Gasteiger partial charge in [0.2, 0.25) is 0 Å². The molecule has 3 nitrogen and oxygen atoms in total. The minimum Gasteiger partial charge on any atom is -0.497 e. The van der Waals surface area contributed by atoms with Gasteiger partial charge in [-0.15, -0.1) is 0 Å². The number of rotatable bonds is 5. The Labute approximate surface area is 117 Å². The quantitative estimate of drug-likeness (QED) is 0.778. The first-order chi connectivity index (χ1) is 8.72. The van der Waals surface area contributed by atoms with Crippen molar-refractivity contribution in [1.82, 2.24) is 0 Å². The van der Waals surface area contributed by atoms with Gasteiger partial charge >= 0.3 is 0 Å². The van der Waals surface area contributed by atoms with Crippen LogP contribution in [-0.4, -0.2) is 25.9 Å². The lowest BCUT2D eigenvalue weighted by Crippen LogP contribution is -2.18. The number of alkyl halides is 1. The molecule has 1 aromatic carbocycles. The van der Waals surface area contributed by atoms with Crippen LogP contribution in [0.5, 0.6) is 11.5 Å². The van der Waals surface area contributed by atoms with Gasteiger partial charge in [0.15, 0.2) is 0 Å². The van der Waals surface area contributed by atoms with Crippen LogP contribution in [0.25, 0.3) is 0 Å². The summed E-state index contributed by atoms with van der Waals surface area (Å²) in [6.45, 7) is 2.72. The predicted octanol–water partition coefficient (Wildman–Crippen LogP) is 3.54. The zero-order chi connectivity index (χ0) is 13.0. The lowest BCUT2D eigenvalue weighted by atomic mass is 10.2. The van der Waals surface area contributed by atoms with Crippen molar-refractivity contribution in [3.63, 3.8) is 0 Å². The van der Waals surface area contributed by atoms with Crippen molar-refractivity contribution in [2.75, 3.05) is 13.7 Å². The molecule has 0 N–H and O–H groups in total. The molecule has 0 bridgehead atoms. The normalized spacial score (nSPS) is 23.1. The van der Waals surface area contributed by atoms with Crippen LogP contribution >= 0.6 is 15.9 Å². The molecule has 1 fully saturated rings. The SMILES string of the molecule is COc1ccc(CBr)c(OCC2CCC(C)O2)c1. The maximum Gasteiger partial charge on any atom is 0.127 e. The van der Waals surface area contributed by atoms with Crippen LogP contribution in [-0.2, 0) is 10.1 Å². The molecule has 0 saturated carbocycles. The second-order valence-electron chi connectivity index (χ2n) is 4.56. The molecule has 2 rings (SSSR count). The molecule has 1 heterocycles. The summed E-state index contributed by atoms with van der Waals surface area (Å²) in [5, 5.41) is 0.772. The second kappa shape index (κ2) is 6.43. The molecule has 0 spiro atoms. The molecule has 0 amide bonds. The van der Waals surface area contributed by atoms with Crippen LogP contribution in [0.2, 0.25) is 0 Å². The first kappa shape index (κ1) is 13.7. The van der Waals surface area contributed by atoms with Gasteiger partial charge in [0, 0.05) is 17.0 Å². The highest BCUT2D eigenvalue weighted by Gasteiger charge is 2.22. The third kappa shape index (κ3) is 3.39. The van der Waals surface area contributed by atoms with Gasteiger partial charge in [0.1, 0.15) is 18.1 Å². The summed E-state index contributed by atoms with van der Waals surface area (Å²) in [6.07, 6.45) is 2.78. The minimum absolute atomic E-state index is 0.217. The van der Waals surface area contributed by atoms with Crippen LogP contribution < -0.4 is 9.47 Å². The van der Waals surface area contributed by atoms with Gasteiger partial charge in [0.25, 0.3) is 0 Å². The fourth-order valence-corrected chi connectivity index (χ4v) is 2.56. The summed E-state index contributed by atoms with van der Waals surface area (Å²) in [6, 6.07) is 5.88. The fourth-order valence-electron chi connectivity index (χ4n) is 2.10. The van der Waals surface area contributed by atoms with Gasteiger partial charge < -0.3 is 14.2 Å². The Morgan fingerprint density at radius 1 is 1.39 bits per heavy atom. The van der Waals surface area contributed by atoms with Gasteiger partial charge in [-0.3, -0.25) is 0 Å². The smallest absolute Gasteiger partial charge is 0.127 e. The molecular weight excluding hydrogens is 296 g/mol. The average Bonchev–Trinajstić information content (AvgIpc) is 2.81. The standard InChI is InChI=1S/C14H19BrO3/c1-10-3-5-13(18-10)9-17-14-7-12(16-2)6-4-11(14)8-15/h4,6-7,10,13H,3,5,8-9H2,1-2H3. The van der Waals surface area contributed by atoms with Crippen LogP contribution in [0.3, 0.4) is 0 Å². The highest BCUT2D eigenvalue weighted by atomic mass is 79.9. The van der Waals surface area contributed by atoms with Crippen molar-refractivity contribution < 1.29 is 14.2 Å². The van der Waals surface area contributed by atoms with Crippen LogP contribution in [0.4, 0.5) is 0 Å². The first-order valence-corrected chi connectivity index (χ1v) is 7.36. The van der Waals surface area contributed by atoms with Crippen molar-refractivity contribution in [3.8, 4) is 11.5 Å². The third-order valence-electron chi connectivity index (χ3n) is 3.16. The Bertz CT molecular complexity index is 395. The van der Waals surface area contributed by atoms with Gasteiger partial charge in [-0.1, -0.05) is 22.0 Å². The van der Waals surface area contributed by atoms with Crippen molar-refractivity contribution in [3.05, 3.63) is 23.8 Å². The monoisotopic (exact) mass is 314 g/mol. The molecule has 18 heavy (non-hydrogen) atoms. The zero-order valence-corrected chi connectivity index (χ0v) is 12.4. The van der Waals surface area contributed by atoms with Gasteiger partial charge in [0.05, 0.1) is 19.3 Å². The van der Waals surface area contributed by atoms with Crippen molar-refractivity contribution >= 4 is 15.9 Å². The van der Waals surface area contributed by atoms with E-state index in [1.54, 1.807) is 7.11 Å². The Morgan fingerprint density at radius 2 is 2.22 bits per heavy atom. The predicted molar refractivity (Wildman–Crippen MR) is 74.7 cm³/mol. The summed E-state index contributed by atoms with van der Waals surface area (Å²) in [4.78, 5) is 0. The van der Waals surface area contributed by atoms with E-state index in [1.165, 1.54) is 0 Å². The average molecular weight is 315 g/mol. The van der Waals surface area contributed by atoms with E-state index < -0.39 is 0 Å². The summed E-state index contributed by atoms with van der Waals surface area (Å²) < 4.78 is 16.8. The first-order valence-electron chi connectivity index (χ1n) is 6.24. The van der Waals surface area contributed by atoms with Crippen LogP contribution in [0.15, 0.2) is 18.2 Å². The van der Waals surface area contributed by atoms with Gasteiger partial charge in [-0.2, -0.15) is 0 Å². The maximum absolute atomic E-state index is 5.87. The fraction of sp³-hybridized carbons (Fsp3) is 0.571. The molecule has 1 aliphatic rings. The van der Waals surface area contributed by atoms with E-state index in [0.717, 1.165) is 35.2 Å². The topological polar surface area (TPSA) is 27.7 Å². The number of ether oxygens (including phenoxy) is 3. The molecule has 1 aromatic rings. The maximum atomic E-state index is 5.87. The molecule has 4 heteroatoms. The molecule has 1 saturated heterocycles. The lowest BCUT2D eigenvalue weighted by Gasteiger charge is -2.15. The minimum atomic E-state index is 0.217. The summed E-state index contributed by atoms with van der Waals surface area (Å²) in [5.74, 6) is 1.68. The Kier molecular flexibility index (Phi) is 4.89. The largest absolute Gasteiger partial charge is 0.497 e. The summed E-state index contributed by atoms with van der Waals surface area (Å²) in [5.41, 5.74) is 1.13. The highest BCUT2D eigenvalue weighted by molar-refractivity contribution is 9.08. The van der Waals surface area contributed by atoms with Crippen LogP contribution in [0, 0.1) is 0 Å². The number of benzene rings is 1. The molecule has 2 unspecified atom stereocenters. The van der Waals surface area contributed by atoms with Crippen molar-refractivity contribution in [2.45, 2.75) is 37.3 Å². The zero-order valence-electron chi connectivity index (χ0n) is 10.8. The van der Waals surface area contributed by atoms with E-state index in [9.17, 15) is 0 Å². The van der Waals surface area contributed by atoms with Crippen molar-refractivity contribution in [2.24, 2.45) is 0 Å². The Hall–Kier alpha value is -0.740.